The Morgan fingerprint density at radius 1 is 0.920 bits per heavy atom. The predicted octanol–water partition coefficient (Wildman–Crippen LogP) is 3.52. The molecule has 132 valence electrons. The molecule has 1 aromatic carbocycles. The molecule has 4 heteroatoms. The molecule has 1 atom stereocenters. The number of likely N-dealkylation sites (tertiary alicyclic amines) is 1. The van der Waals surface area contributed by atoms with Gasteiger partial charge in [-0.25, -0.2) is 9.97 Å². The molecule has 4 rings (SSSR count). The second kappa shape index (κ2) is 7.52. The van der Waals surface area contributed by atoms with Crippen molar-refractivity contribution in [2.75, 3.05) is 31.1 Å². The van der Waals surface area contributed by atoms with Gasteiger partial charge >= 0.3 is 0 Å². The molecule has 1 unspecified atom stereocenters. The van der Waals surface area contributed by atoms with Crippen LogP contribution in [0.2, 0.25) is 0 Å². The van der Waals surface area contributed by atoms with E-state index in [4.69, 9.17) is 0 Å². The Morgan fingerprint density at radius 2 is 1.64 bits per heavy atom. The first-order chi connectivity index (χ1) is 12.3. The normalized spacial score (nSPS) is 22.4. The van der Waals surface area contributed by atoms with Gasteiger partial charge in [0, 0.05) is 38.6 Å². The summed E-state index contributed by atoms with van der Waals surface area (Å²) < 4.78 is 0. The van der Waals surface area contributed by atoms with Crippen LogP contribution in [0.15, 0.2) is 42.7 Å². The molecule has 0 radical (unpaired) electrons. The topological polar surface area (TPSA) is 32.3 Å². The number of anilines is 1. The van der Waals surface area contributed by atoms with E-state index >= 15 is 0 Å². The van der Waals surface area contributed by atoms with Crippen molar-refractivity contribution in [2.24, 2.45) is 11.8 Å². The molecule has 3 heterocycles. The van der Waals surface area contributed by atoms with Crippen molar-refractivity contribution in [3.8, 4) is 0 Å². The zero-order chi connectivity index (χ0) is 17.1. The molecule has 25 heavy (non-hydrogen) atoms. The summed E-state index contributed by atoms with van der Waals surface area (Å²) in [6, 6.07) is 10.7. The molecular weight excluding hydrogens is 308 g/mol. The second-order valence-electron chi connectivity index (χ2n) is 7.58. The summed E-state index contributed by atoms with van der Waals surface area (Å²) in [6.45, 7) is 8.05. The first-order valence-corrected chi connectivity index (χ1v) is 9.58. The van der Waals surface area contributed by atoms with Crippen molar-refractivity contribution in [3.05, 3.63) is 53.9 Å². The number of hydrogen-bond acceptors (Lipinski definition) is 4. The van der Waals surface area contributed by atoms with Gasteiger partial charge in [-0.1, -0.05) is 24.3 Å². The highest BCUT2D eigenvalue weighted by Gasteiger charge is 2.32. The van der Waals surface area contributed by atoms with E-state index < -0.39 is 0 Å². The molecule has 0 spiro atoms. The molecule has 4 nitrogen and oxygen atoms in total. The number of piperidine rings is 1. The third-order valence-electron chi connectivity index (χ3n) is 6.01. The van der Waals surface area contributed by atoms with Gasteiger partial charge in [0.15, 0.2) is 0 Å². The maximum Gasteiger partial charge on any atom is 0.225 e. The Labute approximate surface area is 150 Å². The van der Waals surface area contributed by atoms with Gasteiger partial charge in [-0.05, 0) is 61.8 Å². The SMILES string of the molecule is Cc1ccccc1CN1CCC(C2CCN(c3ncccn3)CC2)C1. The van der Waals surface area contributed by atoms with E-state index in [1.807, 2.05) is 18.5 Å². The highest BCUT2D eigenvalue weighted by molar-refractivity contribution is 5.29. The fourth-order valence-corrected chi connectivity index (χ4v) is 4.44. The van der Waals surface area contributed by atoms with Crippen LogP contribution in [0.3, 0.4) is 0 Å². The van der Waals surface area contributed by atoms with Gasteiger partial charge in [-0.15, -0.1) is 0 Å². The van der Waals surface area contributed by atoms with Crippen molar-refractivity contribution in [1.29, 1.82) is 0 Å². The Balaban J connectivity index is 1.29. The van der Waals surface area contributed by atoms with Crippen LogP contribution in [0.5, 0.6) is 0 Å². The summed E-state index contributed by atoms with van der Waals surface area (Å²) in [6.07, 6.45) is 7.60. The van der Waals surface area contributed by atoms with E-state index in [1.54, 1.807) is 0 Å². The van der Waals surface area contributed by atoms with Crippen LogP contribution in [-0.2, 0) is 6.54 Å². The molecule has 2 aromatic rings. The average molecular weight is 336 g/mol. The molecule has 0 saturated carbocycles. The molecule has 2 fully saturated rings. The molecule has 2 saturated heterocycles. The fourth-order valence-electron chi connectivity index (χ4n) is 4.44. The summed E-state index contributed by atoms with van der Waals surface area (Å²) in [7, 11) is 0. The lowest BCUT2D eigenvalue weighted by atomic mass is 9.84. The van der Waals surface area contributed by atoms with Crippen LogP contribution in [0.4, 0.5) is 5.95 Å². The van der Waals surface area contributed by atoms with Crippen LogP contribution >= 0.6 is 0 Å². The van der Waals surface area contributed by atoms with Crippen molar-refractivity contribution >= 4 is 5.95 Å². The maximum atomic E-state index is 4.40. The van der Waals surface area contributed by atoms with Gasteiger partial charge in [0.25, 0.3) is 0 Å². The van der Waals surface area contributed by atoms with Gasteiger partial charge < -0.3 is 4.90 Å². The lowest BCUT2D eigenvalue weighted by molar-refractivity contribution is 0.251. The van der Waals surface area contributed by atoms with Gasteiger partial charge in [-0.3, -0.25) is 4.90 Å². The molecule has 0 bridgehead atoms. The minimum atomic E-state index is 0.863. The minimum absolute atomic E-state index is 0.863. The van der Waals surface area contributed by atoms with E-state index in [2.05, 4.69) is 51.0 Å². The van der Waals surface area contributed by atoms with Crippen LogP contribution in [0, 0.1) is 18.8 Å². The Bertz CT molecular complexity index is 679. The zero-order valence-corrected chi connectivity index (χ0v) is 15.1. The largest absolute Gasteiger partial charge is 0.341 e. The molecule has 0 aliphatic carbocycles. The number of rotatable bonds is 4. The average Bonchev–Trinajstić information content (AvgIpc) is 3.13. The van der Waals surface area contributed by atoms with Crippen molar-refractivity contribution in [2.45, 2.75) is 32.7 Å². The lowest BCUT2D eigenvalue weighted by Gasteiger charge is -2.34. The minimum Gasteiger partial charge on any atom is -0.341 e. The highest BCUT2D eigenvalue weighted by atomic mass is 15.2. The van der Waals surface area contributed by atoms with Gasteiger partial charge in [-0.2, -0.15) is 0 Å². The van der Waals surface area contributed by atoms with Crippen molar-refractivity contribution < 1.29 is 0 Å². The summed E-state index contributed by atoms with van der Waals surface area (Å²) in [4.78, 5) is 13.8. The van der Waals surface area contributed by atoms with Crippen LogP contribution in [0.25, 0.3) is 0 Å². The van der Waals surface area contributed by atoms with Crippen LogP contribution < -0.4 is 4.90 Å². The lowest BCUT2D eigenvalue weighted by Crippen LogP contribution is -2.37. The Hall–Kier alpha value is -1.94. The van der Waals surface area contributed by atoms with Crippen LogP contribution in [-0.4, -0.2) is 41.0 Å². The number of nitrogens with zero attached hydrogens (tertiary/aromatic N) is 4. The highest BCUT2D eigenvalue weighted by Crippen LogP contribution is 2.33. The quantitative estimate of drug-likeness (QED) is 0.855. The van der Waals surface area contributed by atoms with Crippen molar-refractivity contribution in [1.82, 2.24) is 14.9 Å². The second-order valence-corrected chi connectivity index (χ2v) is 7.58. The molecule has 1 aromatic heterocycles. The third kappa shape index (κ3) is 3.84. The number of benzene rings is 1. The monoisotopic (exact) mass is 336 g/mol. The van der Waals surface area contributed by atoms with Gasteiger partial charge in [0.1, 0.15) is 0 Å². The summed E-state index contributed by atoms with van der Waals surface area (Å²) in [5, 5.41) is 0. The number of aryl methyl sites for hydroxylation is 1. The maximum absolute atomic E-state index is 4.40. The molecule has 2 aliphatic rings. The molecular formula is C21H28N4. The first-order valence-electron chi connectivity index (χ1n) is 9.58. The fraction of sp³-hybridized carbons (Fsp3) is 0.524. The number of aromatic nitrogens is 2. The molecule has 0 amide bonds. The zero-order valence-electron chi connectivity index (χ0n) is 15.1. The predicted molar refractivity (Wildman–Crippen MR) is 102 cm³/mol. The van der Waals surface area contributed by atoms with E-state index in [0.717, 1.165) is 37.4 Å². The van der Waals surface area contributed by atoms with E-state index in [0.29, 0.717) is 0 Å². The van der Waals surface area contributed by atoms with Gasteiger partial charge in [0.2, 0.25) is 5.95 Å². The van der Waals surface area contributed by atoms with Crippen molar-refractivity contribution in [3.63, 3.8) is 0 Å². The molecule has 0 N–H and O–H groups in total. The van der Waals surface area contributed by atoms with E-state index in [9.17, 15) is 0 Å². The van der Waals surface area contributed by atoms with Crippen LogP contribution in [0.1, 0.15) is 30.4 Å². The van der Waals surface area contributed by atoms with E-state index in [-0.39, 0.29) is 0 Å². The Morgan fingerprint density at radius 3 is 2.40 bits per heavy atom. The Kier molecular flexibility index (Phi) is 4.97. The standard InChI is InChI=1S/C21H28N4/c1-17-5-2-3-6-19(17)15-24-12-7-20(16-24)18-8-13-25(14-9-18)21-22-10-4-11-23-21/h2-6,10-11,18,20H,7-9,12-16H2,1H3. The van der Waals surface area contributed by atoms with Gasteiger partial charge in [0.05, 0.1) is 0 Å². The smallest absolute Gasteiger partial charge is 0.225 e. The summed E-state index contributed by atoms with van der Waals surface area (Å²) >= 11 is 0. The summed E-state index contributed by atoms with van der Waals surface area (Å²) in [5.41, 5.74) is 2.90. The van der Waals surface area contributed by atoms with E-state index in [1.165, 1.54) is 43.5 Å². The molecule has 2 aliphatic heterocycles. The number of hydrogen-bond donors (Lipinski definition) is 0. The summed E-state index contributed by atoms with van der Waals surface area (Å²) in [5.74, 6) is 2.62. The third-order valence-corrected chi connectivity index (χ3v) is 6.01. The first kappa shape index (κ1) is 16.5.